The van der Waals surface area contributed by atoms with Gasteiger partial charge in [-0.05, 0) is 24.3 Å². The summed E-state index contributed by atoms with van der Waals surface area (Å²) in [6.45, 7) is 2.54. The van der Waals surface area contributed by atoms with Crippen molar-refractivity contribution in [3.05, 3.63) is 22.4 Å². The first-order valence-electron chi connectivity index (χ1n) is 5.93. The van der Waals surface area contributed by atoms with E-state index in [2.05, 4.69) is 11.4 Å². The van der Waals surface area contributed by atoms with Gasteiger partial charge in [-0.3, -0.25) is 9.69 Å². The summed E-state index contributed by atoms with van der Waals surface area (Å²) < 4.78 is 0. The molecule has 2 heterocycles. The van der Waals surface area contributed by atoms with Crippen molar-refractivity contribution in [2.75, 3.05) is 26.2 Å². The number of hydrogen-bond donors (Lipinski definition) is 2. The van der Waals surface area contributed by atoms with Gasteiger partial charge in [-0.25, -0.2) is 0 Å². The first kappa shape index (κ1) is 12.5. The van der Waals surface area contributed by atoms with Crippen LogP contribution in [-0.4, -0.2) is 48.2 Å². The Morgan fingerprint density at radius 1 is 1.65 bits per heavy atom. The molecule has 2 N–H and O–H groups in total. The van der Waals surface area contributed by atoms with E-state index in [9.17, 15) is 9.90 Å². The molecule has 1 aromatic rings. The second kappa shape index (κ2) is 6.14. The van der Waals surface area contributed by atoms with E-state index < -0.39 is 0 Å². The lowest BCUT2D eigenvalue weighted by molar-refractivity contribution is -0.122. The van der Waals surface area contributed by atoms with Gasteiger partial charge in [0.2, 0.25) is 5.91 Å². The molecule has 0 unspecified atom stereocenters. The number of thiophene rings is 1. The van der Waals surface area contributed by atoms with Crippen molar-refractivity contribution in [1.82, 2.24) is 10.2 Å². The van der Waals surface area contributed by atoms with Crippen molar-refractivity contribution >= 4 is 17.2 Å². The lowest BCUT2D eigenvalue weighted by Crippen LogP contribution is -2.37. The van der Waals surface area contributed by atoms with Gasteiger partial charge in [0.05, 0.1) is 12.6 Å². The highest BCUT2D eigenvalue weighted by atomic mass is 32.1. The molecule has 1 aliphatic heterocycles. The van der Waals surface area contributed by atoms with Crippen LogP contribution < -0.4 is 5.32 Å². The fraction of sp³-hybridized carbons (Fsp3) is 0.583. The number of amides is 1. The molecular formula is C12H18N2O2S. The van der Waals surface area contributed by atoms with Crippen LogP contribution in [0.5, 0.6) is 0 Å². The molecule has 0 aromatic carbocycles. The minimum absolute atomic E-state index is 0.0515. The lowest BCUT2D eigenvalue weighted by atomic mass is 10.3. The largest absolute Gasteiger partial charge is 0.392 e. The molecule has 1 saturated heterocycles. The summed E-state index contributed by atoms with van der Waals surface area (Å²) in [4.78, 5) is 14.9. The van der Waals surface area contributed by atoms with Gasteiger partial charge in [-0.2, -0.15) is 0 Å². The standard InChI is InChI=1S/C12H18N2O2S/c15-10-4-6-14(8-10)9-12(16)13-5-3-11-2-1-7-17-11/h1-2,7,10,15H,3-6,8-9H2,(H,13,16)/t10-/m1/s1. The maximum atomic E-state index is 11.6. The molecule has 1 atom stereocenters. The first-order chi connectivity index (χ1) is 8.24. The topological polar surface area (TPSA) is 52.6 Å². The smallest absolute Gasteiger partial charge is 0.234 e. The third-order valence-corrected chi connectivity index (χ3v) is 3.82. The summed E-state index contributed by atoms with van der Waals surface area (Å²) in [5.41, 5.74) is 0. The molecule has 1 aromatic heterocycles. The quantitative estimate of drug-likeness (QED) is 0.803. The second-order valence-electron chi connectivity index (χ2n) is 4.36. The average Bonchev–Trinajstić information content (AvgIpc) is 2.90. The van der Waals surface area contributed by atoms with Gasteiger partial charge >= 0.3 is 0 Å². The zero-order valence-electron chi connectivity index (χ0n) is 9.76. The van der Waals surface area contributed by atoms with Crippen LogP contribution in [0, 0.1) is 0 Å². The molecule has 0 saturated carbocycles. The number of hydrogen-bond acceptors (Lipinski definition) is 4. The van der Waals surface area contributed by atoms with Crippen LogP contribution in [0.25, 0.3) is 0 Å². The van der Waals surface area contributed by atoms with E-state index in [-0.39, 0.29) is 12.0 Å². The van der Waals surface area contributed by atoms with Gasteiger partial charge < -0.3 is 10.4 Å². The van der Waals surface area contributed by atoms with Crippen molar-refractivity contribution < 1.29 is 9.90 Å². The average molecular weight is 254 g/mol. The molecule has 0 spiro atoms. The van der Waals surface area contributed by atoms with Gasteiger partial charge in [0.1, 0.15) is 0 Å². The number of nitrogens with zero attached hydrogens (tertiary/aromatic N) is 1. The number of rotatable bonds is 5. The van der Waals surface area contributed by atoms with Crippen molar-refractivity contribution in [3.8, 4) is 0 Å². The van der Waals surface area contributed by atoms with Gasteiger partial charge in [0.25, 0.3) is 0 Å². The molecule has 1 aliphatic rings. The van der Waals surface area contributed by atoms with E-state index in [0.717, 1.165) is 19.4 Å². The summed E-state index contributed by atoms with van der Waals surface area (Å²) in [7, 11) is 0. The summed E-state index contributed by atoms with van der Waals surface area (Å²) in [6, 6.07) is 4.10. The van der Waals surface area contributed by atoms with Crippen molar-refractivity contribution in [3.63, 3.8) is 0 Å². The summed E-state index contributed by atoms with van der Waals surface area (Å²) in [6.07, 6.45) is 1.42. The second-order valence-corrected chi connectivity index (χ2v) is 5.39. The number of aliphatic hydroxyl groups excluding tert-OH is 1. The van der Waals surface area contributed by atoms with Crippen LogP contribution in [-0.2, 0) is 11.2 Å². The van der Waals surface area contributed by atoms with Crippen LogP contribution in [0.3, 0.4) is 0 Å². The monoisotopic (exact) mass is 254 g/mol. The van der Waals surface area contributed by atoms with Crippen LogP contribution >= 0.6 is 11.3 Å². The highest BCUT2D eigenvalue weighted by Gasteiger charge is 2.21. The van der Waals surface area contributed by atoms with E-state index >= 15 is 0 Å². The van der Waals surface area contributed by atoms with Crippen LogP contribution in [0.4, 0.5) is 0 Å². The number of nitrogens with one attached hydrogen (secondary N) is 1. The maximum absolute atomic E-state index is 11.6. The van der Waals surface area contributed by atoms with E-state index in [1.165, 1.54) is 4.88 Å². The van der Waals surface area contributed by atoms with E-state index in [4.69, 9.17) is 0 Å². The number of β-amino-alcohol motifs (C(OH)–C–C–N with tert-alkyl or cyclic N) is 1. The number of carbonyl (C=O) groups excluding carboxylic acids is 1. The minimum Gasteiger partial charge on any atom is -0.392 e. The van der Waals surface area contributed by atoms with Crippen molar-refractivity contribution in [1.29, 1.82) is 0 Å². The molecule has 1 amide bonds. The Bertz CT molecular complexity index is 353. The molecule has 17 heavy (non-hydrogen) atoms. The maximum Gasteiger partial charge on any atom is 0.234 e. The van der Waals surface area contributed by atoms with Crippen LogP contribution in [0.1, 0.15) is 11.3 Å². The van der Waals surface area contributed by atoms with Crippen molar-refractivity contribution in [2.24, 2.45) is 0 Å². The summed E-state index contributed by atoms with van der Waals surface area (Å²) >= 11 is 1.71. The Morgan fingerprint density at radius 2 is 2.53 bits per heavy atom. The van der Waals surface area contributed by atoms with Gasteiger partial charge in [0.15, 0.2) is 0 Å². The van der Waals surface area contributed by atoms with Crippen molar-refractivity contribution in [2.45, 2.75) is 18.9 Å². The number of aliphatic hydroxyl groups is 1. The predicted octanol–water partition coefficient (Wildman–Crippen LogP) is 0.473. The molecule has 0 aliphatic carbocycles. The Labute approximate surface area is 105 Å². The molecule has 1 fully saturated rings. The Balaban J connectivity index is 1.61. The SMILES string of the molecule is O=C(CN1CC[C@@H](O)C1)NCCc1cccs1. The molecule has 94 valence electrons. The third-order valence-electron chi connectivity index (χ3n) is 2.89. The Morgan fingerprint density at radius 3 is 3.18 bits per heavy atom. The Kier molecular flexibility index (Phi) is 4.53. The van der Waals surface area contributed by atoms with E-state index in [1.807, 2.05) is 16.3 Å². The van der Waals surface area contributed by atoms with Gasteiger partial charge in [0, 0.05) is 24.5 Å². The summed E-state index contributed by atoms with van der Waals surface area (Å²) in [5, 5.41) is 14.3. The fourth-order valence-corrected chi connectivity index (χ4v) is 2.70. The van der Waals surface area contributed by atoms with E-state index in [1.54, 1.807) is 11.3 Å². The third kappa shape index (κ3) is 4.11. The van der Waals surface area contributed by atoms with Gasteiger partial charge in [-0.15, -0.1) is 11.3 Å². The normalized spacial score (nSPS) is 20.6. The molecule has 5 heteroatoms. The first-order valence-corrected chi connectivity index (χ1v) is 6.81. The molecule has 0 bridgehead atoms. The van der Waals surface area contributed by atoms with Gasteiger partial charge in [-0.1, -0.05) is 6.07 Å². The van der Waals surface area contributed by atoms with Crippen LogP contribution in [0.2, 0.25) is 0 Å². The zero-order chi connectivity index (χ0) is 12.1. The molecule has 2 rings (SSSR count). The zero-order valence-corrected chi connectivity index (χ0v) is 10.6. The number of carbonyl (C=O) groups is 1. The fourth-order valence-electron chi connectivity index (χ4n) is 1.99. The molecule has 4 nitrogen and oxygen atoms in total. The molecule has 0 radical (unpaired) electrons. The summed E-state index contributed by atoms with van der Waals surface area (Å²) in [5.74, 6) is 0.0515. The predicted molar refractivity (Wildman–Crippen MR) is 68.1 cm³/mol. The highest BCUT2D eigenvalue weighted by molar-refractivity contribution is 7.09. The lowest BCUT2D eigenvalue weighted by Gasteiger charge is -2.14. The van der Waals surface area contributed by atoms with E-state index in [0.29, 0.717) is 19.6 Å². The highest BCUT2D eigenvalue weighted by Crippen LogP contribution is 2.09. The number of likely N-dealkylation sites (tertiary alicyclic amines) is 1. The Hall–Kier alpha value is -0.910. The molecular weight excluding hydrogens is 236 g/mol. The van der Waals surface area contributed by atoms with Crippen LogP contribution in [0.15, 0.2) is 17.5 Å². The minimum atomic E-state index is -0.256.